The largest absolute Gasteiger partial charge is 0.378 e. The van der Waals surface area contributed by atoms with Gasteiger partial charge in [0, 0.05) is 12.6 Å². The first-order valence-corrected chi connectivity index (χ1v) is 13.4. The molecule has 0 spiro atoms. The molecule has 0 aliphatic carbocycles. The number of sulfonamides is 1. The lowest BCUT2D eigenvalue weighted by Gasteiger charge is -2.10. The lowest BCUT2D eigenvalue weighted by atomic mass is 10.2. The summed E-state index contributed by atoms with van der Waals surface area (Å²) in [6.45, 7) is 3.20. The first-order valence-electron chi connectivity index (χ1n) is 9.69. The second-order valence-electron chi connectivity index (χ2n) is 7.10. The number of benzene rings is 3. The highest BCUT2D eigenvalue weighted by Crippen LogP contribution is 2.29. The van der Waals surface area contributed by atoms with E-state index in [-0.39, 0.29) is 21.4 Å². The molecule has 3 aromatic rings. The highest BCUT2D eigenvalue weighted by atomic mass is 79.9. The van der Waals surface area contributed by atoms with Crippen LogP contribution in [0.15, 0.2) is 86.1 Å². The average Bonchev–Trinajstić information content (AvgIpc) is 2.76. The third-order valence-corrected chi connectivity index (χ3v) is 7.44. The number of hydrazone groups is 1. The van der Waals surface area contributed by atoms with Crippen molar-refractivity contribution < 1.29 is 25.8 Å². The van der Waals surface area contributed by atoms with E-state index in [4.69, 9.17) is 4.18 Å². The Labute approximate surface area is 206 Å². The SMILES string of the molecule is CC(=O)Nc1ccc(S(=O)(=O)Oc2ccc(/C=N\NS(=O)(=O)c3ccc(C)cc3)cc2Br)cc1. The number of carbonyl (C=O) groups is 1. The maximum absolute atomic E-state index is 12.6. The Kier molecular flexibility index (Phi) is 7.75. The number of hydrogen-bond donors (Lipinski definition) is 2. The van der Waals surface area contributed by atoms with E-state index >= 15 is 0 Å². The number of nitrogens with one attached hydrogen (secondary N) is 2. The normalized spacial score (nSPS) is 11.9. The van der Waals surface area contributed by atoms with E-state index in [9.17, 15) is 21.6 Å². The smallest absolute Gasteiger partial charge is 0.339 e. The molecule has 1 amide bonds. The fraction of sp³-hybridized carbons (Fsp3) is 0.0909. The van der Waals surface area contributed by atoms with Gasteiger partial charge in [-0.25, -0.2) is 4.83 Å². The Balaban J connectivity index is 1.69. The van der Waals surface area contributed by atoms with Gasteiger partial charge in [-0.05, 0) is 83.0 Å². The van der Waals surface area contributed by atoms with Crippen molar-refractivity contribution in [1.29, 1.82) is 0 Å². The van der Waals surface area contributed by atoms with Gasteiger partial charge >= 0.3 is 10.1 Å². The molecule has 0 atom stereocenters. The van der Waals surface area contributed by atoms with Crippen LogP contribution < -0.4 is 14.3 Å². The molecule has 0 heterocycles. The Hall–Kier alpha value is -3.22. The van der Waals surface area contributed by atoms with Crippen molar-refractivity contribution in [1.82, 2.24) is 4.83 Å². The zero-order valence-electron chi connectivity index (χ0n) is 18.0. The third kappa shape index (κ3) is 6.65. The van der Waals surface area contributed by atoms with Crippen molar-refractivity contribution in [3.05, 3.63) is 82.3 Å². The number of halogens is 1. The number of nitrogens with zero attached hydrogens (tertiary/aromatic N) is 1. The molecular formula is C22H20BrN3O6S2. The Morgan fingerprint density at radius 2 is 1.56 bits per heavy atom. The zero-order valence-corrected chi connectivity index (χ0v) is 21.2. The van der Waals surface area contributed by atoms with E-state index in [2.05, 4.69) is 31.2 Å². The first kappa shape index (κ1) is 25.4. The zero-order chi connectivity index (χ0) is 24.9. The van der Waals surface area contributed by atoms with Gasteiger partial charge in [0.05, 0.1) is 15.6 Å². The summed E-state index contributed by atoms with van der Waals surface area (Å²) < 4.78 is 55.2. The molecule has 0 saturated heterocycles. The van der Waals surface area contributed by atoms with Crippen molar-refractivity contribution in [3.63, 3.8) is 0 Å². The second kappa shape index (κ2) is 10.4. The quantitative estimate of drug-likeness (QED) is 0.242. The predicted octanol–water partition coefficient (Wildman–Crippen LogP) is 3.80. The minimum Gasteiger partial charge on any atom is -0.378 e. The summed E-state index contributed by atoms with van der Waals surface area (Å²) in [6, 6.07) is 16.3. The molecule has 9 nitrogen and oxygen atoms in total. The van der Waals surface area contributed by atoms with Crippen LogP contribution in [0.2, 0.25) is 0 Å². The van der Waals surface area contributed by atoms with Crippen molar-refractivity contribution in [2.24, 2.45) is 5.10 Å². The predicted molar refractivity (Wildman–Crippen MR) is 132 cm³/mol. The van der Waals surface area contributed by atoms with Crippen LogP contribution in [-0.4, -0.2) is 29.0 Å². The lowest BCUT2D eigenvalue weighted by molar-refractivity contribution is -0.114. The van der Waals surface area contributed by atoms with Crippen LogP contribution in [0.3, 0.4) is 0 Å². The average molecular weight is 566 g/mol. The van der Waals surface area contributed by atoms with E-state index in [0.717, 1.165) is 5.56 Å². The molecule has 0 aliphatic heterocycles. The number of amides is 1. The minimum atomic E-state index is -4.13. The van der Waals surface area contributed by atoms with E-state index in [1.807, 2.05) is 6.92 Å². The fourth-order valence-corrected chi connectivity index (χ4v) is 5.00. The van der Waals surface area contributed by atoms with Crippen molar-refractivity contribution in [2.45, 2.75) is 23.6 Å². The molecule has 178 valence electrons. The maximum Gasteiger partial charge on any atom is 0.339 e. The van der Waals surface area contributed by atoms with Gasteiger partial charge in [0.15, 0.2) is 5.75 Å². The number of rotatable bonds is 8. The van der Waals surface area contributed by atoms with Gasteiger partial charge in [-0.15, -0.1) is 0 Å². The van der Waals surface area contributed by atoms with Gasteiger partial charge < -0.3 is 9.50 Å². The highest BCUT2D eigenvalue weighted by Gasteiger charge is 2.18. The molecule has 0 fully saturated rings. The fourth-order valence-electron chi connectivity index (χ4n) is 2.68. The summed E-state index contributed by atoms with van der Waals surface area (Å²) in [5, 5.41) is 6.31. The van der Waals surface area contributed by atoms with Crippen LogP contribution in [0.25, 0.3) is 0 Å². The van der Waals surface area contributed by atoms with Crippen LogP contribution in [0.4, 0.5) is 5.69 Å². The van der Waals surface area contributed by atoms with Gasteiger partial charge in [-0.3, -0.25) is 4.79 Å². The standard InChI is InChI=1S/C22H20BrN3O6S2/c1-15-3-8-19(9-4-15)33(28,29)26-24-14-17-5-12-22(21(23)13-17)32-34(30,31)20-10-6-18(7-11-20)25-16(2)27/h3-14,26H,1-2H3,(H,25,27)/b24-14-. The topological polar surface area (TPSA) is 131 Å². The molecule has 0 radical (unpaired) electrons. The number of aryl methyl sites for hydroxylation is 1. The Morgan fingerprint density at radius 1 is 0.941 bits per heavy atom. The molecule has 12 heteroatoms. The first-order chi connectivity index (χ1) is 16.0. The van der Waals surface area contributed by atoms with Crippen molar-refractivity contribution in [2.75, 3.05) is 5.32 Å². The molecule has 3 aromatic carbocycles. The van der Waals surface area contributed by atoms with Crippen molar-refractivity contribution in [3.8, 4) is 5.75 Å². The van der Waals surface area contributed by atoms with E-state index < -0.39 is 20.1 Å². The summed E-state index contributed by atoms with van der Waals surface area (Å²) in [7, 11) is -7.95. The Bertz CT molecular complexity index is 1440. The van der Waals surface area contributed by atoms with Gasteiger partial charge in [-0.1, -0.05) is 17.7 Å². The molecule has 0 aromatic heterocycles. The number of hydrogen-bond acceptors (Lipinski definition) is 7. The maximum atomic E-state index is 12.6. The molecule has 34 heavy (non-hydrogen) atoms. The molecular weight excluding hydrogens is 546 g/mol. The van der Waals surface area contributed by atoms with E-state index in [1.54, 1.807) is 12.1 Å². The van der Waals surface area contributed by atoms with E-state index in [0.29, 0.717) is 15.7 Å². The molecule has 0 unspecified atom stereocenters. The summed E-state index contributed by atoms with van der Waals surface area (Å²) in [5.74, 6) is -0.245. The van der Waals surface area contributed by atoms with Crippen LogP contribution in [-0.2, 0) is 24.9 Å². The second-order valence-corrected chi connectivity index (χ2v) is 11.2. The van der Waals surface area contributed by atoms with Crippen LogP contribution >= 0.6 is 15.9 Å². The minimum absolute atomic E-state index is 0.0309. The summed E-state index contributed by atoms with van der Waals surface area (Å²) >= 11 is 3.25. The van der Waals surface area contributed by atoms with Gasteiger partial charge in [0.2, 0.25) is 5.91 Å². The summed E-state index contributed by atoms with van der Waals surface area (Å²) in [4.78, 5) is 13.2. The van der Waals surface area contributed by atoms with Crippen LogP contribution in [0.5, 0.6) is 5.75 Å². The van der Waals surface area contributed by atoms with Crippen molar-refractivity contribution >= 4 is 53.9 Å². The highest BCUT2D eigenvalue weighted by molar-refractivity contribution is 9.10. The third-order valence-electron chi connectivity index (χ3n) is 4.34. The Morgan fingerprint density at radius 3 is 2.15 bits per heavy atom. The molecule has 0 aliphatic rings. The lowest BCUT2D eigenvalue weighted by Crippen LogP contribution is -2.18. The van der Waals surface area contributed by atoms with E-state index in [1.165, 1.54) is 67.7 Å². The monoisotopic (exact) mass is 565 g/mol. The number of carbonyl (C=O) groups excluding carboxylic acids is 1. The molecule has 2 N–H and O–H groups in total. The molecule has 0 bridgehead atoms. The molecule has 3 rings (SSSR count). The van der Waals surface area contributed by atoms with Gasteiger partial charge in [0.25, 0.3) is 10.0 Å². The van der Waals surface area contributed by atoms with Crippen LogP contribution in [0, 0.1) is 6.92 Å². The van der Waals surface area contributed by atoms with Gasteiger partial charge in [0.1, 0.15) is 4.90 Å². The van der Waals surface area contributed by atoms with Crippen LogP contribution in [0.1, 0.15) is 18.1 Å². The summed E-state index contributed by atoms with van der Waals surface area (Å²) in [5.41, 5.74) is 1.87. The number of anilines is 1. The molecule has 0 saturated carbocycles. The van der Waals surface area contributed by atoms with Gasteiger partial charge in [-0.2, -0.15) is 21.9 Å². The summed E-state index contributed by atoms with van der Waals surface area (Å²) in [6.07, 6.45) is 1.27.